The third kappa shape index (κ3) is 3.83. The number of carbonyl (C=O) groups is 2. The zero-order valence-corrected chi connectivity index (χ0v) is 17.8. The van der Waals surface area contributed by atoms with Crippen LogP contribution in [0.1, 0.15) is 33.6 Å². The van der Waals surface area contributed by atoms with Crippen LogP contribution in [0.5, 0.6) is 5.75 Å². The van der Waals surface area contributed by atoms with Crippen LogP contribution < -0.4 is 4.74 Å². The number of hydrogen-bond donors (Lipinski definition) is 0. The van der Waals surface area contributed by atoms with Gasteiger partial charge in [0.1, 0.15) is 5.75 Å². The Morgan fingerprint density at radius 3 is 2.52 bits per heavy atom. The lowest BCUT2D eigenvalue weighted by atomic mass is 10.00. The third-order valence-electron chi connectivity index (χ3n) is 5.66. The van der Waals surface area contributed by atoms with Gasteiger partial charge in [0.15, 0.2) is 0 Å². The average molecular weight is 431 g/mol. The van der Waals surface area contributed by atoms with E-state index in [9.17, 15) is 9.59 Å². The van der Waals surface area contributed by atoms with Crippen molar-refractivity contribution >= 4 is 35.2 Å². The predicted octanol–water partition coefficient (Wildman–Crippen LogP) is 4.17. The standard InChI is InChI=1S/C22H23ClN2O3S/c1-28-19-8-3-2-7-18(19)21(27)24-11-9-22(10-12-24)25(13-14-29-22)20(26)16-5-4-6-17(23)15-16/h2-8,15H,9-14H2,1H3. The Bertz CT molecular complexity index is 928. The molecule has 4 rings (SSSR count). The SMILES string of the molecule is COc1ccccc1C(=O)N1CCC2(CC1)SCCN2C(=O)c1cccc(Cl)c1. The Morgan fingerprint density at radius 1 is 1.03 bits per heavy atom. The Labute approximate surface area is 180 Å². The van der Waals surface area contributed by atoms with E-state index in [0.717, 1.165) is 25.1 Å². The van der Waals surface area contributed by atoms with Crippen LogP contribution in [0.2, 0.25) is 5.02 Å². The van der Waals surface area contributed by atoms with E-state index in [1.165, 1.54) is 0 Å². The van der Waals surface area contributed by atoms with Gasteiger partial charge in [-0.25, -0.2) is 0 Å². The second-order valence-corrected chi connectivity index (χ2v) is 9.15. The van der Waals surface area contributed by atoms with Gasteiger partial charge in [-0.15, -0.1) is 11.8 Å². The van der Waals surface area contributed by atoms with E-state index in [-0.39, 0.29) is 16.7 Å². The van der Waals surface area contributed by atoms with Gasteiger partial charge in [-0.05, 0) is 43.2 Å². The van der Waals surface area contributed by atoms with Crippen molar-refractivity contribution in [3.05, 3.63) is 64.7 Å². The van der Waals surface area contributed by atoms with Crippen LogP contribution in [0, 0.1) is 0 Å². The Kier molecular flexibility index (Phi) is 5.74. The number of carbonyl (C=O) groups excluding carboxylic acids is 2. The van der Waals surface area contributed by atoms with Crippen molar-refractivity contribution in [1.82, 2.24) is 9.80 Å². The topological polar surface area (TPSA) is 49.9 Å². The number of benzene rings is 2. The Morgan fingerprint density at radius 2 is 1.79 bits per heavy atom. The van der Waals surface area contributed by atoms with Crippen molar-refractivity contribution in [2.45, 2.75) is 17.7 Å². The third-order valence-corrected chi connectivity index (χ3v) is 7.45. The van der Waals surface area contributed by atoms with Gasteiger partial charge in [0.05, 0.1) is 17.5 Å². The molecule has 2 amide bonds. The summed E-state index contributed by atoms with van der Waals surface area (Å²) < 4.78 is 5.34. The number of piperidine rings is 1. The number of halogens is 1. The van der Waals surface area contributed by atoms with Crippen LogP contribution in [0.15, 0.2) is 48.5 Å². The van der Waals surface area contributed by atoms with E-state index in [1.807, 2.05) is 39.8 Å². The molecule has 0 unspecified atom stereocenters. The molecule has 0 saturated carbocycles. The van der Waals surface area contributed by atoms with Crippen molar-refractivity contribution in [3.8, 4) is 5.75 Å². The molecule has 152 valence electrons. The van der Waals surface area contributed by atoms with Crippen LogP contribution in [0.25, 0.3) is 0 Å². The van der Waals surface area contributed by atoms with E-state index < -0.39 is 0 Å². The second kappa shape index (κ2) is 8.28. The van der Waals surface area contributed by atoms with E-state index in [1.54, 1.807) is 37.4 Å². The molecule has 2 aliphatic rings. The van der Waals surface area contributed by atoms with Gasteiger partial charge >= 0.3 is 0 Å². The van der Waals surface area contributed by atoms with Crippen molar-refractivity contribution in [2.24, 2.45) is 0 Å². The summed E-state index contributed by atoms with van der Waals surface area (Å²) in [7, 11) is 1.58. The van der Waals surface area contributed by atoms with Crippen LogP contribution in [0.3, 0.4) is 0 Å². The first-order chi connectivity index (χ1) is 14.0. The minimum absolute atomic E-state index is 0.0157. The number of para-hydroxylation sites is 1. The lowest BCUT2D eigenvalue weighted by Crippen LogP contribution is -2.53. The smallest absolute Gasteiger partial charge is 0.257 e. The molecule has 29 heavy (non-hydrogen) atoms. The molecule has 0 radical (unpaired) electrons. The monoisotopic (exact) mass is 430 g/mol. The lowest BCUT2D eigenvalue weighted by molar-refractivity contribution is 0.0496. The number of thioether (sulfide) groups is 1. The molecule has 0 aliphatic carbocycles. The second-order valence-electron chi connectivity index (χ2n) is 7.25. The van der Waals surface area contributed by atoms with Crippen molar-refractivity contribution in [2.75, 3.05) is 32.5 Å². The lowest BCUT2D eigenvalue weighted by Gasteiger charge is -2.44. The summed E-state index contributed by atoms with van der Waals surface area (Å²) in [6.45, 7) is 1.95. The molecular weight excluding hydrogens is 408 g/mol. The molecule has 0 N–H and O–H groups in total. The molecule has 7 heteroatoms. The van der Waals surface area contributed by atoms with E-state index in [0.29, 0.717) is 35.0 Å². The summed E-state index contributed by atoms with van der Waals surface area (Å²) in [6.07, 6.45) is 1.51. The van der Waals surface area contributed by atoms with Crippen LogP contribution in [-0.4, -0.2) is 59.0 Å². The molecule has 5 nitrogen and oxygen atoms in total. The molecule has 2 fully saturated rings. The number of ether oxygens (including phenoxy) is 1. The molecule has 0 aromatic heterocycles. The zero-order chi connectivity index (χ0) is 20.4. The summed E-state index contributed by atoms with van der Waals surface area (Å²) in [6, 6.07) is 14.4. The molecule has 2 aromatic rings. The predicted molar refractivity (Wildman–Crippen MR) is 116 cm³/mol. The van der Waals surface area contributed by atoms with Gasteiger partial charge in [-0.1, -0.05) is 29.8 Å². The minimum atomic E-state index is -0.253. The van der Waals surface area contributed by atoms with Crippen molar-refractivity contribution in [3.63, 3.8) is 0 Å². The fourth-order valence-corrected chi connectivity index (χ4v) is 5.78. The summed E-state index contributed by atoms with van der Waals surface area (Å²) in [5.74, 6) is 1.49. The average Bonchev–Trinajstić information content (AvgIpc) is 3.16. The highest BCUT2D eigenvalue weighted by molar-refractivity contribution is 8.00. The van der Waals surface area contributed by atoms with E-state index in [2.05, 4.69) is 0 Å². The highest BCUT2D eigenvalue weighted by Gasteiger charge is 2.47. The van der Waals surface area contributed by atoms with Crippen molar-refractivity contribution < 1.29 is 14.3 Å². The minimum Gasteiger partial charge on any atom is -0.496 e. The quantitative estimate of drug-likeness (QED) is 0.733. The first kappa shape index (κ1) is 20.1. The van der Waals surface area contributed by atoms with Gasteiger partial charge in [-0.3, -0.25) is 9.59 Å². The maximum atomic E-state index is 13.1. The van der Waals surface area contributed by atoms with Gasteiger partial charge in [-0.2, -0.15) is 0 Å². The van der Waals surface area contributed by atoms with Crippen LogP contribution in [0.4, 0.5) is 0 Å². The summed E-state index contributed by atoms with van der Waals surface area (Å²) >= 11 is 7.91. The molecule has 2 aliphatic heterocycles. The number of amides is 2. The molecular formula is C22H23ClN2O3S. The van der Waals surface area contributed by atoms with Gasteiger partial charge < -0.3 is 14.5 Å². The molecule has 1 spiro atoms. The molecule has 0 bridgehead atoms. The number of likely N-dealkylation sites (tertiary alicyclic amines) is 1. The number of hydrogen-bond acceptors (Lipinski definition) is 4. The van der Waals surface area contributed by atoms with E-state index in [4.69, 9.17) is 16.3 Å². The summed E-state index contributed by atoms with van der Waals surface area (Å²) in [4.78, 5) is 29.7. The van der Waals surface area contributed by atoms with Crippen molar-refractivity contribution in [1.29, 1.82) is 0 Å². The summed E-state index contributed by atoms with van der Waals surface area (Å²) in [5.41, 5.74) is 1.20. The largest absolute Gasteiger partial charge is 0.496 e. The van der Waals surface area contributed by atoms with E-state index >= 15 is 0 Å². The molecule has 2 aromatic carbocycles. The number of methoxy groups -OCH3 is 1. The Hall–Kier alpha value is -2.18. The van der Waals surface area contributed by atoms with Gasteiger partial charge in [0, 0.05) is 36.0 Å². The first-order valence-corrected chi connectivity index (χ1v) is 11.0. The molecule has 2 heterocycles. The normalized spacial score (nSPS) is 18.1. The Balaban J connectivity index is 1.49. The fourth-order valence-electron chi connectivity index (χ4n) is 4.14. The maximum absolute atomic E-state index is 13.1. The fraction of sp³-hybridized carbons (Fsp3) is 0.364. The molecule has 2 saturated heterocycles. The highest BCUT2D eigenvalue weighted by atomic mass is 35.5. The number of rotatable bonds is 3. The maximum Gasteiger partial charge on any atom is 0.257 e. The highest BCUT2D eigenvalue weighted by Crippen LogP contribution is 2.45. The van der Waals surface area contributed by atoms with Crippen LogP contribution >= 0.6 is 23.4 Å². The van der Waals surface area contributed by atoms with Gasteiger partial charge in [0.25, 0.3) is 11.8 Å². The molecule has 0 atom stereocenters. The van der Waals surface area contributed by atoms with Crippen LogP contribution in [-0.2, 0) is 0 Å². The zero-order valence-electron chi connectivity index (χ0n) is 16.3. The first-order valence-electron chi connectivity index (χ1n) is 9.68. The summed E-state index contributed by atoms with van der Waals surface area (Å²) in [5, 5.41) is 0.564. The number of nitrogens with zero attached hydrogens (tertiary/aromatic N) is 2. The van der Waals surface area contributed by atoms with Gasteiger partial charge in [0.2, 0.25) is 0 Å².